The lowest BCUT2D eigenvalue weighted by molar-refractivity contribution is 0.281. The molecule has 0 radical (unpaired) electrons. The molecule has 2 unspecified atom stereocenters. The Labute approximate surface area is 119 Å². The number of nitrogens with one attached hydrogen (secondary N) is 1. The van der Waals surface area contributed by atoms with Gasteiger partial charge in [0.25, 0.3) is 0 Å². The van der Waals surface area contributed by atoms with Crippen molar-refractivity contribution in [2.24, 2.45) is 5.92 Å². The van der Waals surface area contributed by atoms with Gasteiger partial charge in [0.15, 0.2) is 0 Å². The Kier molecular flexibility index (Phi) is 4.84. The smallest absolute Gasteiger partial charge is 0.231 e. The molecular weight excluding hydrogens is 252 g/mol. The zero-order chi connectivity index (χ0) is 14.5. The Morgan fingerprint density at radius 1 is 1.20 bits per heavy atom. The molecule has 1 N–H and O–H groups in total. The number of rotatable bonds is 6. The van der Waals surface area contributed by atoms with Gasteiger partial charge in [0, 0.05) is 24.0 Å². The summed E-state index contributed by atoms with van der Waals surface area (Å²) in [4.78, 5) is 8.56. The third-order valence-corrected chi connectivity index (χ3v) is 3.45. The topological polar surface area (TPSA) is 63.8 Å². The van der Waals surface area contributed by atoms with Crippen LogP contribution in [0.3, 0.4) is 0 Å². The van der Waals surface area contributed by atoms with Crippen LogP contribution in [0.1, 0.15) is 39.5 Å². The molecule has 0 aliphatic carbocycles. The second-order valence-electron chi connectivity index (χ2n) is 5.31. The summed E-state index contributed by atoms with van der Waals surface area (Å²) in [6.07, 6.45) is 3.46. The highest BCUT2D eigenvalue weighted by Gasteiger charge is 2.28. The van der Waals surface area contributed by atoms with E-state index in [1.807, 2.05) is 12.1 Å². The Hall–Kier alpha value is -1.75. The van der Waals surface area contributed by atoms with Gasteiger partial charge in [0.05, 0.1) is 5.92 Å². The first-order valence-corrected chi connectivity index (χ1v) is 7.10. The van der Waals surface area contributed by atoms with Crippen molar-refractivity contribution in [3.63, 3.8) is 0 Å². The number of nitrogens with zero attached hydrogens (tertiary/aromatic N) is 3. The van der Waals surface area contributed by atoms with Crippen LogP contribution in [0.25, 0.3) is 11.4 Å². The second kappa shape index (κ2) is 6.61. The highest BCUT2D eigenvalue weighted by molar-refractivity contribution is 5.52. The lowest BCUT2D eigenvalue weighted by Crippen LogP contribution is -2.34. The molecule has 0 spiro atoms. The molecule has 0 aliphatic rings. The Bertz CT molecular complexity index is 524. The molecule has 0 fully saturated rings. The summed E-state index contributed by atoms with van der Waals surface area (Å²) in [5.41, 5.74) is 0.925. The highest BCUT2D eigenvalue weighted by Crippen LogP contribution is 2.28. The van der Waals surface area contributed by atoms with Gasteiger partial charge in [-0.15, -0.1) is 0 Å². The lowest BCUT2D eigenvalue weighted by atomic mass is 9.89. The van der Waals surface area contributed by atoms with E-state index in [9.17, 15) is 0 Å². The minimum absolute atomic E-state index is 0.207. The Morgan fingerprint density at radius 3 is 2.50 bits per heavy atom. The van der Waals surface area contributed by atoms with Gasteiger partial charge in [-0.2, -0.15) is 4.98 Å². The molecule has 0 bridgehead atoms. The van der Waals surface area contributed by atoms with Crippen LogP contribution < -0.4 is 5.32 Å². The molecule has 2 heterocycles. The number of aromatic nitrogens is 3. The van der Waals surface area contributed by atoms with Crippen molar-refractivity contribution >= 4 is 0 Å². The fourth-order valence-corrected chi connectivity index (χ4v) is 2.51. The normalized spacial score (nSPS) is 14.4. The zero-order valence-electron chi connectivity index (χ0n) is 12.5. The van der Waals surface area contributed by atoms with E-state index in [0.717, 1.165) is 12.1 Å². The molecule has 0 aliphatic heterocycles. The molecule has 5 heteroatoms. The van der Waals surface area contributed by atoms with Crippen LogP contribution in [-0.2, 0) is 0 Å². The fraction of sp³-hybridized carbons (Fsp3) is 0.533. The van der Waals surface area contributed by atoms with Crippen molar-refractivity contribution in [2.45, 2.75) is 39.7 Å². The lowest BCUT2D eigenvalue weighted by Gasteiger charge is -2.24. The van der Waals surface area contributed by atoms with Gasteiger partial charge in [-0.05, 0) is 31.5 Å². The van der Waals surface area contributed by atoms with Gasteiger partial charge in [0.2, 0.25) is 11.7 Å². The monoisotopic (exact) mass is 274 g/mol. The maximum absolute atomic E-state index is 5.49. The van der Waals surface area contributed by atoms with E-state index >= 15 is 0 Å². The molecule has 2 rings (SSSR count). The van der Waals surface area contributed by atoms with Crippen molar-refractivity contribution in [1.82, 2.24) is 20.4 Å². The number of hydrogen-bond donors (Lipinski definition) is 1. The van der Waals surface area contributed by atoms with Crippen LogP contribution in [0.2, 0.25) is 0 Å². The Morgan fingerprint density at radius 2 is 1.90 bits per heavy atom. The van der Waals surface area contributed by atoms with E-state index in [1.54, 1.807) is 12.4 Å². The molecule has 0 amide bonds. The molecule has 0 saturated carbocycles. The molecule has 0 saturated heterocycles. The summed E-state index contributed by atoms with van der Waals surface area (Å²) < 4.78 is 5.49. The van der Waals surface area contributed by atoms with E-state index in [1.165, 1.54) is 0 Å². The zero-order valence-corrected chi connectivity index (χ0v) is 12.5. The molecule has 108 valence electrons. The molecular formula is C15H22N4O. The van der Waals surface area contributed by atoms with E-state index in [-0.39, 0.29) is 5.92 Å². The molecule has 2 aromatic rings. The SMILES string of the molecule is CCNC(C)C(c1nc(-c2ccncc2)no1)C(C)C. The molecule has 5 nitrogen and oxygen atoms in total. The molecule has 2 atom stereocenters. The molecule has 20 heavy (non-hydrogen) atoms. The fourth-order valence-electron chi connectivity index (χ4n) is 2.51. The van der Waals surface area contributed by atoms with Crippen LogP contribution >= 0.6 is 0 Å². The average Bonchev–Trinajstić information content (AvgIpc) is 2.89. The van der Waals surface area contributed by atoms with Crippen LogP contribution in [-0.4, -0.2) is 27.7 Å². The first-order chi connectivity index (χ1) is 9.63. The number of hydrogen-bond acceptors (Lipinski definition) is 5. The third kappa shape index (κ3) is 3.22. The van der Waals surface area contributed by atoms with Gasteiger partial charge < -0.3 is 9.84 Å². The molecule has 2 aromatic heterocycles. The summed E-state index contributed by atoms with van der Waals surface area (Å²) in [7, 11) is 0. The average molecular weight is 274 g/mol. The standard InChI is InChI=1S/C15H22N4O/c1-5-17-11(4)13(10(2)3)15-18-14(19-20-15)12-6-8-16-9-7-12/h6-11,13,17H,5H2,1-4H3. The van der Waals surface area contributed by atoms with Crippen molar-refractivity contribution in [1.29, 1.82) is 0 Å². The maximum atomic E-state index is 5.49. The van der Waals surface area contributed by atoms with Gasteiger partial charge >= 0.3 is 0 Å². The van der Waals surface area contributed by atoms with E-state index in [4.69, 9.17) is 4.52 Å². The summed E-state index contributed by atoms with van der Waals surface area (Å²) in [6, 6.07) is 4.06. The van der Waals surface area contributed by atoms with Gasteiger partial charge in [-0.1, -0.05) is 25.9 Å². The van der Waals surface area contributed by atoms with Gasteiger partial charge in [-0.3, -0.25) is 4.98 Å². The Balaban J connectivity index is 2.25. The van der Waals surface area contributed by atoms with Crippen LogP contribution in [0, 0.1) is 5.92 Å². The van der Waals surface area contributed by atoms with Crippen molar-refractivity contribution in [2.75, 3.05) is 6.54 Å². The maximum Gasteiger partial charge on any atom is 0.231 e. The quantitative estimate of drug-likeness (QED) is 0.877. The van der Waals surface area contributed by atoms with Gasteiger partial charge in [-0.25, -0.2) is 0 Å². The van der Waals surface area contributed by atoms with Crippen molar-refractivity contribution < 1.29 is 4.52 Å². The number of pyridine rings is 1. The molecule has 0 aromatic carbocycles. The predicted molar refractivity (Wildman–Crippen MR) is 78.2 cm³/mol. The summed E-state index contributed by atoms with van der Waals surface area (Å²) >= 11 is 0. The minimum atomic E-state index is 0.207. The van der Waals surface area contributed by atoms with Crippen LogP contribution in [0.15, 0.2) is 29.0 Å². The summed E-state index contributed by atoms with van der Waals surface area (Å²) in [6.45, 7) is 9.54. The summed E-state index contributed by atoms with van der Waals surface area (Å²) in [5.74, 6) is 1.95. The highest BCUT2D eigenvalue weighted by atomic mass is 16.5. The van der Waals surface area contributed by atoms with E-state index < -0.39 is 0 Å². The minimum Gasteiger partial charge on any atom is -0.339 e. The predicted octanol–water partition coefficient (Wildman–Crippen LogP) is 2.87. The van der Waals surface area contributed by atoms with Crippen molar-refractivity contribution in [3.8, 4) is 11.4 Å². The largest absolute Gasteiger partial charge is 0.339 e. The first-order valence-electron chi connectivity index (χ1n) is 7.10. The van der Waals surface area contributed by atoms with E-state index in [2.05, 4.69) is 48.1 Å². The first kappa shape index (κ1) is 14.7. The second-order valence-corrected chi connectivity index (χ2v) is 5.31. The summed E-state index contributed by atoms with van der Waals surface area (Å²) in [5, 5.41) is 7.53. The van der Waals surface area contributed by atoms with Crippen LogP contribution in [0.5, 0.6) is 0 Å². The van der Waals surface area contributed by atoms with Crippen molar-refractivity contribution in [3.05, 3.63) is 30.4 Å². The third-order valence-electron chi connectivity index (χ3n) is 3.45. The van der Waals surface area contributed by atoms with Crippen LogP contribution in [0.4, 0.5) is 0 Å². The van der Waals surface area contributed by atoms with Gasteiger partial charge in [0.1, 0.15) is 0 Å². The number of likely N-dealkylation sites (N-methyl/N-ethyl adjacent to an activating group) is 1. The van der Waals surface area contributed by atoms with E-state index in [0.29, 0.717) is 23.7 Å².